The van der Waals surface area contributed by atoms with E-state index in [-0.39, 0.29) is 77.4 Å². The minimum Gasteiger partial charge on any atom is -0.412 e. The fourth-order valence-electron chi connectivity index (χ4n) is 0. The normalized spacial score (nSPS) is 0. The van der Waals surface area contributed by atoms with E-state index >= 15 is 0 Å². The molecule has 0 radical (unpaired) electrons. The summed E-state index contributed by atoms with van der Waals surface area (Å²) in [5.74, 6) is 0. The topological polar surface area (TPSA) is 94.5 Å². The molecule has 0 aromatic carbocycles. The molecule has 0 bridgehead atoms. The molecule has 0 aliphatic rings. The van der Waals surface area contributed by atoms with Gasteiger partial charge in [-0.15, -0.1) is 0 Å². The van der Waals surface area contributed by atoms with E-state index in [2.05, 4.69) is 0 Å². The van der Waals surface area contributed by atoms with Crippen LogP contribution in [0.3, 0.4) is 0 Å². The summed E-state index contributed by atoms with van der Waals surface area (Å²) in [6.45, 7) is 0. The smallest absolute Gasteiger partial charge is 0.187 e. The van der Waals surface area contributed by atoms with Gasteiger partial charge in [0.1, 0.15) is 0 Å². The van der Waals surface area contributed by atoms with Crippen LogP contribution in [0.1, 0.15) is 0 Å². The molecule has 0 amide bonds. The van der Waals surface area contributed by atoms with E-state index in [9.17, 15) is 0 Å². The third-order valence-electron chi connectivity index (χ3n) is 0. The number of rotatable bonds is 0. The molecule has 6 heavy (non-hydrogen) atoms. The molecular formula is H12Al2O3Zr. The summed E-state index contributed by atoms with van der Waals surface area (Å²) in [4.78, 5) is 0. The van der Waals surface area contributed by atoms with E-state index in [1.165, 1.54) is 0 Å². The van der Waals surface area contributed by atoms with Crippen LogP contribution in [0.5, 0.6) is 0 Å². The molecule has 0 aromatic rings. The maximum Gasteiger partial charge on any atom is 0.187 e. The average Bonchev–Trinajstić information content (AvgIpc) is 0. The maximum absolute atomic E-state index is 0. The zero-order chi connectivity index (χ0) is 0. The second-order valence-electron chi connectivity index (χ2n) is 0. The van der Waals surface area contributed by atoms with Crippen molar-refractivity contribution in [3.05, 3.63) is 0 Å². The molecule has 40 valence electrons. The van der Waals surface area contributed by atoms with E-state index < -0.39 is 0 Å². The molecule has 6 N–H and O–H groups in total. The first-order chi connectivity index (χ1) is 0. The van der Waals surface area contributed by atoms with E-state index in [0.717, 1.165) is 0 Å². The molecule has 0 heterocycles. The van der Waals surface area contributed by atoms with Gasteiger partial charge in [0.2, 0.25) is 0 Å². The van der Waals surface area contributed by atoms with Gasteiger partial charge < -0.3 is 16.4 Å². The van der Waals surface area contributed by atoms with Crippen LogP contribution in [0.15, 0.2) is 0 Å². The third-order valence-corrected chi connectivity index (χ3v) is 0. The standard InChI is InChI=1S/2Al.3H2O.Zr.6H/h;;3*1H2;;;;;;;. The average molecular weight is 205 g/mol. The van der Waals surface area contributed by atoms with Crippen molar-refractivity contribution < 1.29 is 42.6 Å². The van der Waals surface area contributed by atoms with E-state index in [1.54, 1.807) is 0 Å². The summed E-state index contributed by atoms with van der Waals surface area (Å²) in [5.41, 5.74) is 0. The van der Waals surface area contributed by atoms with Crippen molar-refractivity contribution in [3.8, 4) is 0 Å². The molecule has 0 unspecified atom stereocenters. The number of hydrogen-bond donors (Lipinski definition) is 0. The molecule has 3 nitrogen and oxygen atoms in total. The molecule has 0 spiro atoms. The number of hydrogen-bond acceptors (Lipinski definition) is 0. The van der Waals surface area contributed by atoms with Gasteiger partial charge in [-0.3, -0.25) is 0 Å². The van der Waals surface area contributed by atoms with Gasteiger partial charge in [-0.1, -0.05) is 0 Å². The molecule has 0 aliphatic carbocycles. The first kappa shape index (κ1) is 109. The molecule has 0 rings (SSSR count). The Morgan fingerprint density at radius 3 is 0.500 bits per heavy atom. The van der Waals surface area contributed by atoms with E-state index in [1.807, 2.05) is 0 Å². The summed E-state index contributed by atoms with van der Waals surface area (Å²) in [6.07, 6.45) is 0. The van der Waals surface area contributed by atoms with Crippen molar-refractivity contribution in [3.63, 3.8) is 0 Å². The minimum absolute atomic E-state index is 0. The first-order valence-electron chi connectivity index (χ1n) is 0. The van der Waals surface area contributed by atoms with Crippen molar-refractivity contribution in [2.24, 2.45) is 0 Å². The molecule has 0 saturated heterocycles. The molecular weight excluding hydrogens is 193 g/mol. The predicted octanol–water partition coefficient (Wildman–Crippen LogP) is -4.84. The summed E-state index contributed by atoms with van der Waals surface area (Å²) in [5, 5.41) is 0. The fraction of sp³-hybridized carbons (Fsp3) is 0. The molecule has 0 fully saturated rings. The van der Waals surface area contributed by atoms with Gasteiger partial charge in [-0.25, -0.2) is 0 Å². The monoisotopic (exact) mass is 204 g/mol. The first-order valence-corrected chi connectivity index (χ1v) is 0. The molecule has 0 aliphatic heterocycles. The largest absolute Gasteiger partial charge is 0.412 e. The molecule has 0 atom stereocenters. The van der Waals surface area contributed by atoms with Crippen molar-refractivity contribution in [1.29, 1.82) is 0 Å². The quantitative estimate of drug-likeness (QED) is 0.355. The van der Waals surface area contributed by atoms with Gasteiger partial charge in [-0.05, 0) is 0 Å². The fourth-order valence-corrected chi connectivity index (χ4v) is 0. The van der Waals surface area contributed by atoms with Crippen molar-refractivity contribution in [2.45, 2.75) is 0 Å². The Morgan fingerprint density at radius 2 is 0.500 bits per heavy atom. The summed E-state index contributed by atoms with van der Waals surface area (Å²) in [7, 11) is 0. The van der Waals surface area contributed by atoms with Crippen LogP contribution in [0.25, 0.3) is 0 Å². The summed E-state index contributed by atoms with van der Waals surface area (Å²) >= 11 is 0. The zero-order valence-electron chi connectivity index (χ0n) is 2.00. The SMILES string of the molecule is O.O.O.[AlH3].[AlH3].[Zr]. The van der Waals surface area contributed by atoms with Crippen LogP contribution in [0.4, 0.5) is 0 Å². The van der Waals surface area contributed by atoms with Crippen LogP contribution >= 0.6 is 0 Å². The van der Waals surface area contributed by atoms with Gasteiger partial charge in [0, 0.05) is 26.2 Å². The van der Waals surface area contributed by atoms with E-state index in [0.29, 0.717) is 0 Å². The summed E-state index contributed by atoms with van der Waals surface area (Å²) < 4.78 is 0. The Morgan fingerprint density at radius 1 is 0.500 bits per heavy atom. The molecule has 0 aromatic heterocycles. The Kier molecular flexibility index (Phi) is 1260. The Labute approximate surface area is 76.8 Å². The van der Waals surface area contributed by atoms with Crippen molar-refractivity contribution in [2.75, 3.05) is 0 Å². The van der Waals surface area contributed by atoms with Gasteiger partial charge in [-0.2, -0.15) is 0 Å². The Hall–Kier alpha value is 1.83. The van der Waals surface area contributed by atoms with Crippen LogP contribution < -0.4 is 0 Å². The molecule has 0 saturated carbocycles. The van der Waals surface area contributed by atoms with Gasteiger partial charge in [0.25, 0.3) is 0 Å². The Balaban J connectivity index is 0. The third kappa shape index (κ3) is 40.7. The van der Waals surface area contributed by atoms with E-state index in [4.69, 9.17) is 0 Å². The van der Waals surface area contributed by atoms with Crippen LogP contribution in [0, 0.1) is 0 Å². The second-order valence-corrected chi connectivity index (χ2v) is 0. The van der Waals surface area contributed by atoms with Crippen LogP contribution in [-0.4, -0.2) is 51.2 Å². The minimum atomic E-state index is 0. The van der Waals surface area contributed by atoms with Crippen molar-refractivity contribution in [1.82, 2.24) is 0 Å². The van der Waals surface area contributed by atoms with Crippen molar-refractivity contribution >= 4 is 34.7 Å². The zero-order valence-corrected chi connectivity index (χ0v) is 4.46. The van der Waals surface area contributed by atoms with Gasteiger partial charge in [0.15, 0.2) is 34.7 Å². The van der Waals surface area contributed by atoms with Crippen LogP contribution in [0.2, 0.25) is 0 Å². The Bertz CT molecular complexity index is 8.75. The van der Waals surface area contributed by atoms with Gasteiger partial charge in [0.05, 0.1) is 0 Å². The maximum atomic E-state index is 0. The predicted molar refractivity (Wildman–Crippen MR) is 30.7 cm³/mol. The summed E-state index contributed by atoms with van der Waals surface area (Å²) in [6, 6.07) is 0. The molecule has 6 heteroatoms. The second kappa shape index (κ2) is 69.4. The van der Waals surface area contributed by atoms with Gasteiger partial charge >= 0.3 is 0 Å². The van der Waals surface area contributed by atoms with Crippen LogP contribution in [-0.2, 0) is 26.2 Å².